The third-order valence-electron chi connectivity index (χ3n) is 11.2. The highest BCUT2D eigenvalue weighted by Crippen LogP contribution is 2.46. The van der Waals surface area contributed by atoms with Gasteiger partial charge in [0.05, 0.1) is 27.5 Å². The Balaban J connectivity index is 1.23. The first-order chi connectivity index (χ1) is 28.3. The highest BCUT2D eigenvalue weighted by molar-refractivity contribution is 6.27. The Morgan fingerprint density at radius 3 is 1.65 bits per heavy atom. The number of fused-ring (bicyclic) bond motifs is 10. The molecule has 57 heavy (non-hydrogen) atoms. The number of nitrogens with zero attached hydrogens (tertiary/aromatic N) is 5. The normalized spacial score (nSPS) is 11.9. The van der Waals surface area contributed by atoms with E-state index in [2.05, 4.69) is 130 Å². The van der Waals surface area contributed by atoms with Crippen molar-refractivity contribution in [2.75, 3.05) is 0 Å². The van der Waals surface area contributed by atoms with Crippen LogP contribution in [0.5, 0.6) is 0 Å². The van der Waals surface area contributed by atoms with Gasteiger partial charge in [0, 0.05) is 49.3 Å². The van der Waals surface area contributed by atoms with Gasteiger partial charge in [-0.3, -0.25) is 4.57 Å². The fraction of sp³-hybridized carbons (Fsp3) is 0. The molecular weight excluding hydrogens is 699 g/mol. The molecule has 6 nitrogen and oxygen atoms in total. The van der Waals surface area contributed by atoms with Crippen LogP contribution in [0.4, 0.5) is 0 Å². The Labute approximate surface area is 326 Å². The average Bonchev–Trinajstić information content (AvgIpc) is 3.94. The van der Waals surface area contributed by atoms with E-state index in [0.717, 1.165) is 77.2 Å². The van der Waals surface area contributed by atoms with Gasteiger partial charge in [-0.2, -0.15) is 9.97 Å². The molecule has 0 aliphatic carbocycles. The van der Waals surface area contributed by atoms with Crippen LogP contribution in [0.15, 0.2) is 192 Å². The molecular formula is C51H31N5O. The second kappa shape index (κ2) is 12.3. The highest BCUT2D eigenvalue weighted by atomic mass is 16.3. The summed E-state index contributed by atoms with van der Waals surface area (Å²) in [4.78, 5) is 15.6. The molecule has 0 atom stereocenters. The molecule has 12 aromatic rings. The molecule has 4 aromatic heterocycles. The van der Waals surface area contributed by atoms with E-state index in [0.29, 0.717) is 17.6 Å². The van der Waals surface area contributed by atoms with Crippen molar-refractivity contribution in [3.05, 3.63) is 188 Å². The number of hydrogen-bond donors (Lipinski definition) is 0. The van der Waals surface area contributed by atoms with Crippen LogP contribution < -0.4 is 0 Å². The lowest BCUT2D eigenvalue weighted by atomic mass is 9.97. The van der Waals surface area contributed by atoms with Crippen molar-refractivity contribution in [3.8, 4) is 45.5 Å². The minimum atomic E-state index is 0.535. The van der Waals surface area contributed by atoms with Gasteiger partial charge in [-0.05, 0) is 54.1 Å². The molecule has 0 unspecified atom stereocenters. The van der Waals surface area contributed by atoms with Crippen molar-refractivity contribution in [3.63, 3.8) is 0 Å². The number of para-hydroxylation sites is 4. The second-order valence-corrected chi connectivity index (χ2v) is 14.4. The fourth-order valence-electron chi connectivity index (χ4n) is 8.65. The first kappa shape index (κ1) is 31.5. The number of benzene rings is 8. The van der Waals surface area contributed by atoms with Crippen LogP contribution in [0.2, 0.25) is 0 Å². The molecule has 0 aliphatic heterocycles. The molecule has 0 spiro atoms. The van der Waals surface area contributed by atoms with Gasteiger partial charge >= 0.3 is 0 Å². The number of rotatable bonds is 5. The molecule has 6 heteroatoms. The lowest BCUT2D eigenvalue weighted by Crippen LogP contribution is -2.07. The summed E-state index contributed by atoms with van der Waals surface area (Å²) < 4.78 is 11.4. The quantitative estimate of drug-likeness (QED) is 0.177. The SMILES string of the molecule is c1ccc(-c2nc(-c3ccccc3)nc(-n3c4ccccc4c4c5oc6ccccc6c5cc(-c5ccc6c(c5)c5ccccc5n6-c5ccccc5)c43)n2)cc1. The monoisotopic (exact) mass is 729 g/mol. The number of aromatic nitrogens is 5. The van der Waals surface area contributed by atoms with Crippen LogP contribution in [-0.2, 0) is 0 Å². The third-order valence-corrected chi connectivity index (χ3v) is 11.2. The van der Waals surface area contributed by atoms with Crippen LogP contribution in [0.3, 0.4) is 0 Å². The lowest BCUT2D eigenvalue weighted by Gasteiger charge is -2.13. The summed E-state index contributed by atoms with van der Waals surface area (Å²) in [7, 11) is 0. The first-order valence-corrected chi connectivity index (χ1v) is 19.1. The van der Waals surface area contributed by atoms with Gasteiger partial charge in [-0.1, -0.05) is 140 Å². The van der Waals surface area contributed by atoms with Gasteiger partial charge < -0.3 is 8.98 Å². The Morgan fingerprint density at radius 1 is 0.386 bits per heavy atom. The minimum absolute atomic E-state index is 0.535. The largest absolute Gasteiger partial charge is 0.455 e. The molecule has 12 rings (SSSR count). The Kier molecular flexibility index (Phi) is 6.83. The molecule has 0 fully saturated rings. The number of hydrogen-bond acceptors (Lipinski definition) is 4. The third kappa shape index (κ3) is 4.81. The van der Waals surface area contributed by atoms with Gasteiger partial charge in [0.25, 0.3) is 0 Å². The maximum absolute atomic E-state index is 6.81. The van der Waals surface area contributed by atoms with E-state index in [1.807, 2.05) is 66.7 Å². The topological polar surface area (TPSA) is 61.7 Å². The maximum atomic E-state index is 6.81. The minimum Gasteiger partial charge on any atom is -0.455 e. The van der Waals surface area contributed by atoms with Crippen molar-refractivity contribution in [1.82, 2.24) is 24.1 Å². The van der Waals surface area contributed by atoms with Gasteiger partial charge in [-0.25, -0.2) is 4.98 Å². The molecule has 0 radical (unpaired) electrons. The van der Waals surface area contributed by atoms with Crippen LogP contribution in [0.25, 0.3) is 111 Å². The molecule has 0 saturated heterocycles. The van der Waals surface area contributed by atoms with Crippen LogP contribution in [0.1, 0.15) is 0 Å². The summed E-state index contributed by atoms with van der Waals surface area (Å²) in [6.07, 6.45) is 0. The Bertz CT molecular complexity index is 3450. The summed E-state index contributed by atoms with van der Waals surface area (Å²) in [5.74, 6) is 1.74. The molecule has 0 amide bonds. The van der Waals surface area contributed by atoms with Crippen molar-refractivity contribution >= 4 is 65.6 Å². The smallest absolute Gasteiger partial charge is 0.238 e. The van der Waals surface area contributed by atoms with E-state index in [1.165, 1.54) is 16.3 Å². The van der Waals surface area contributed by atoms with Crippen molar-refractivity contribution in [1.29, 1.82) is 0 Å². The van der Waals surface area contributed by atoms with E-state index in [4.69, 9.17) is 19.4 Å². The Morgan fingerprint density at radius 2 is 0.947 bits per heavy atom. The van der Waals surface area contributed by atoms with E-state index >= 15 is 0 Å². The van der Waals surface area contributed by atoms with Gasteiger partial charge in [0.2, 0.25) is 5.95 Å². The standard InChI is InChI=1S/C51H31N5O/c1-4-16-32(17-5-1)49-52-50(33-18-6-2-7-19-33)54-51(53-49)56-43-26-14-11-24-38(43)46-47(56)39(31-41-37-23-12-15-27-45(37)57-48(41)46)34-28-29-44-40(30-34)36-22-10-13-25-42(36)55(44)35-20-8-3-9-21-35/h1-31H. The fourth-order valence-corrected chi connectivity index (χ4v) is 8.65. The average molecular weight is 730 g/mol. The number of furan rings is 1. The molecule has 4 heterocycles. The zero-order valence-corrected chi connectivity index (χ0v) is 30.5. The molecule has 0 saturated carbocycles. The molecule has 266 valence electrons. The van der Waals surface area contributed by atoms with E-state index in [9.17, 15) is 0 Å². The van der Waals surface area contributed by atoms with Crippen LogP contribution in [-0.4, -0.2) is 24.1 Å². The van der Waals surface area contributed by atoms with E-state index in [1.54, 1.807) is 0 Å². The Hall–Kier alpha value is -7.83. The van der Waals surface area contributed by atoms with Gasteiger partial charge in [-0.15, -0.1) is 0 Å². The lowest BCUT2D eigenvalue weighted by molar-refractivity contribution is 0.673. The summed E-state index contributed by atoms with van der Waals surface area (Å²) in [6, 6.07) is 65.5. The zero-order chi connectivity index (χ0) is 37.5. The van der Waals surface area contributed by atoms with Crippen molar-refractivity contribution in [2.24, 2.45) is 0 Å². The van der Waals surface area contributed by atoms with Crippen molar-refractivity contribution < 1.29 is 4.42 Å². The highest BCUT2D eigenvalue weighted by Gasteiger charge is 2.25. The molecule has 0 bridgehead atoms. The molecule has 0 N–H and O–H groups in total. The van der Waals surface area contributed by atoms with E-state index < -0.39 is 0 Å². The van der Waals surface area contributed by atoms with Gasteiger partial charge in [0.1, 0.15) is 11.2 Å². The summed E-state index contributed by atoms with van der Waals surface area (Å²) >= 11 is 0. The summed E-state index contributed by atoms with van der Waals surface area (Å²) in [6.45, 7) is 0. The van der Waals surface area contributed by atoms with Crippen LogP contribution in [0, 0.1) is 0 Å². The van der Waals surface area contributed by atoms with Gasteiger partial charge in [0.15, 0.2) is 11.6 Å². The maximum Gasteiger partial charge on any atom is 0.238 e. The van der Waals surface area contributed by atoms with Crippen molar-refractivity contribution in [2.45, 2.75) is 0 Å². The first-order valence-electron chi connectivity index (χ1n) is 19.1. The summed E-state index contributed by atoms with van der Waals surface area (Å²) in [5.41, 5.74) is 11.1. The molecule has 8 aromatic carbocycles. The van der Waals surface area contributed by atoms with E-state index in [-0.39, 0.29) is 0 Å². The van der Waals surface area contributed by atoms with Crippen LogP contribution >= 0.6 is 0 Å². The summed E-state index contributed by atoms with van der Waals surface area (Å²) in [5, 5.41) is 6.59. The predicted molar refractivity (Wildman–Crippen MR) is 232 cm³/mol. The predicted octanol–water partition coefficient (Wildman–Crippen LogP) is 13.0. The molecule has 0 aliphatic rings. The second-order valence-electron chi connectivity index (χ2n) is 14.4. The zero-order valence-electron chi connectivity index (χ0n) is 30.5.